The third-order valence-electron chi connectivity index (χ3n) is 3.70. The lowest BCUT2D eigenvalue weighted by atomic mass is 10.2. The van der Waals surface area contributed by atoms with Crippen LogP contribution in [0.2, 0.25) is 5.02 Å². The van der Waals surface area contributed by atoms with Crippen LogP contribution in [0.3, 0.4) is 0 Å². The molecule has 0 spiro atoms. The number of carbonyl (C=O) groups excluding carboxylic acids is 1. The summed E-state index contributed by atoms with van der Waals surface area (Å²) in [5, 5.41) is 14.7. The SMILES string of the molecule is CN(c1ccc2nc(NC(=O)NCCCO)sc2n1)c1ccc(Cl)cc1F. The van der Waals surface area contributed by atoms with Crippen LogP contribution in [-0.4, -0.2) is 41.3 Å². The van der Waals surface area contributed by atoms with Crippen LogP contribution in [0.5, 0.6) is 0 Å². The molecular formula is C17H17ClFN5O2S. The van der Waals surface area contributed by atoms with Crippen molar-refractivity contribution in [1.82, 2.24) is 15.3 Å². The molecule has 0 bridgehead atoms. The van der Waals surface area contributed by atoms with E-state index in [0.29, 0.717) is 45.0 Å². The zero-order chi connectivity index (χ0) is 19.4. The molecule has 27 heavy (non-hydrogen) atoms. The summed E-state index contributed by atoms with van der Waals surface area (Å²) < 4.78 is 14.1. The molecule has 2 heterocycles. The van der Waals surface area contributed by atoms with Crippen molar-refractivity contribution in [2.45, 2.75) is 6.42 Å². The Balaban J connectivity index is 1.78. The first-order valence-electron chi connectivity index (χ1n) is 8.10. The van der Waals surface area contributed by atoms with Gasteiger partial charge in [0.1, 0.15) is 22.0 Å². The maximum atomic E-state index is 14.1. The van der Waals surface area contributed by atoms with Crippen molar-refractivity contribution in [2.75, 3.05) is 30.4 Å². The summed E-state index contributed by atoms with van der Waals surface area (Å²) in [6, 6.07) is 7.52. The molecule has 10 heteroatoms. The van der Waals surface area contributed by atoms with Crippen molar-refractivity contribution >= 4 is 56.0 Å². The summed E-state index contributed by atoms with van der Waals surface area (Å²) in [6.07, 6.45) is 0.478. The van der Waals surface area contributed by atoms with Crippen molar-refractivity contribution in [3.63, 3.8) is 0 Å². The van der Waals surface area contributed by atoms with Crippen molar-refractivity contribution in [3.8, 4) is 0 Å². The molecule has 0 aliphatic carbocycles. The second kappa shape index (κ2) is 8.47. The molecule has 0 aliphatic rings. The minimum atomic E-state index is -0.446. The Labute approximate surface area is 163 Å². The number of nitrogens with one attached hydrogen (secondary N) is 2. The number of aliphatic hydroxyl groups excluding tert-OH is 1. The minimum Gasteiger partial charge on any atom is -0.396 e. The van der Waals surface area contributed by atoms with E-state index >= 15 is 0 Å². The first kappa shape index (κ1) is 19.3. The average molecular weight is 410 g/mol. The molecule has 0 atom stereocenters. The lowest BCUT2D eigenvalue weighted by Crippen LogP contribution is -2.29. The van der Waals surface area contributed by atoms with E-state index in [1.54, 1.807) is 36.2 Å². The van der Waals surface area contributed by atoms with Crippen LogP contribution in [0.4, 0.5) is 25.8 Å². The fourth-order valence-corrected chi connectivity index (χ4v) is 3.33. The van der Waals surface area contributed by atoms with E-state index in [1.165, 1.54) is 17.4 Å². The first-order valence-corrected chi connectivity index (χ1v) is 9.29. The van der Waals surface area contributed by atoms with Gasteiger partial charge in [-0.1, -0.05) is 22.9 Å². The van der Waals surface area contributed by atoms with Crippen LogP contribution in [-0.2, 0) is 0 Å². The largest absolute Gasteiger partial charge is 0.396 e. The van der Waals surface area contributed by atoms with Gasteiger partial charge in [0.15, 0.2) is 5.13 Å². The van der Waals surface area contributed by atoms with Crippen molar-refractivity contribution in [2.24, 2.45) is 0 Å². The fourth-order valence-electron chi connectivity index (χ4n) is 2.35. The summed E-state index contributed by atoms with van der Waals surface area (Å²) in [6.45, 7) is 0.378. The van der Waals surface area contributed by atoms with Crippen molar-refractivity contribution in [1.29, 1.82) is 0 Å². The van der Waals surface area contributed by atoms with Gasteiger partial charge in [-0.15, -0.1) is 0 Å². The van der Waals surface area contributed by atoms with Gasteiger partial charge in [0.2, 0.25) is 0 Å². The number of aliphatic hydroxyl groups is 1. The van der Waals surface area contributed by atoms with Gasteiger partial charge in [-0.05, 0) is 36.8 Å². The Morgan fingerprint density at radius 3 is 2.89 bits per heavy atom. The Morgan fingerprint density at radius 2 is 2.15 bits per heavy atom. The van der Waals surface area contributed by atoms with Gasteiger partial charge in [0.25, 0.3) is 0 Å². The molecule has 2 amide bonds. The van der Waals surface area contributed by atoms with Crippen molar-refractivity contribution in [3.05, 3.63) is 41.2 Å². The van der Waals surface area contributed by atoms with Crippen LogP contribution in [0.25, 0.3) is 10.3 Å². The molecule has 2 aromatic heterocycles. The predicted octanol–water partition coefficient (Wildman–Crippen LogP) is 3.76. The Morgan fingerprint density at radius 1 is 1.33 bits per heavy atom. The maximum Gasteiger partial charge on any atom is 0.321 e. The maximum absolute atomic E-state index is 14.1. The molecule has 3 N–H and O–H groups in total. The number of urea groups is 1. The van der Waals surface area contributed by atoms with Gasteiger partial charge in [-0.2, -0.15) is 0 Å². The van der Waals surface area contributed by atoms with E-state index in [4.69, 9.17) is 16.7 Å². The van der Waals surface area contributed by atoms with Crippen molar-refractivity contribution < 1.29 is 14.3 Å². The molecule has 0 unspecified atom stereocenters. The van der Waals surface area contributed by atoms with Crippen LogP contribution in [0, 0.1) is 5.82 Å². The van der Waals surface area contributed by atoms with E-state index in [-0.39, 0.29) is 6.61 Å². The molecule has 142 valence electrons. The van der Waals surface area contributed by atoms with Gasteiger partial charge in [-0.3, -0.25) is 5.32 Å². The zero-order valence-corrected chi connectivity index (χ0v) is 15.9. The third-order valence-corrected chi connectivity index (χ3v) is 4.81. The number of hydrogen-bond acceptors (Lipinski definition) is 6. The zero-order valence-electron chi connectivity index (χ0n) is 14.4. The number of amides is 2. The number of fused-ring (bicyclic) bond motifs is 1. The molecule has 3 aromatic rings. The molecule has 0 saturated heterocycles. The highest BCUT2D eigenvalue weighted by atomic mass is 35.5. The second-order valence-electron chi connectivity index (χ2n) is 5.63. The summed E-state index contributed by atoms with van der Waals surface area (Å²) in [5.41, 5.74) is 0.969. The third kappa shape index (κ3) is 4.62. The van der Waals surface area contributed by atoms with Gasteiger partial charge in [0.05, 0.1) is 5.69 Å². The molecule has 0 saturated carbocycles. The number of aromatic nitrogens is 2. The van der Waals surface area contributed by atoms with E-state index in [1.807, 2.05) is 0 Å². The number of nitrogens with zero attached hydrogens (tertiary/aromatic N) is 3. The van der Waals surface area contributed by atoms with E-state index in [2.05, 4.69) is 20.6 Å². The number of pyridine rings is 1. The number of benzene rings is 1. The van der Waals surface area contributed by atoms with E-state index < -0.39 is 11.8 Å². The highest BCUT2D eigenvalue weighted by Crippen LogP contribution is 2.30. The van der Waals surface area contributed by atoms with Gasteiger partial charge in [-0.25, -0.2) is 19.2 Å². The number of halogens is 2. The first-order chi connectivity index (χ1) is 13.0. The monoisotopic (exact) mass is 409 g/mol. The Hall–Kier alpha value is -2.49. The van der Waals surface area contributed by atoms with Gasteiger partial charge >= 0.3 is 6.03 Å². The molecule has 0 radical (unpaired) electrons. The lowest BCUT2D eigenvalue weighted by Gasteiger charge is -2.18. The normalized spacial score (nSPS) is 10.8. The minimum absolute atomic E-state index is 0.00977. The van der Waals surface area contributed by atoms with Gasteiger partial charge < -0.3 is 15.3 Å². The Kier molecular flexibility index (Phi) is 6.04. The van der Waals surface area contributed by atoms with Crippen LogP contribution < -0.4 is 15.5 Å². The van der Waals surface area contributed by atoms with E-state index in [0.717, 1.165) is 0 Å². The molecular weight excluding hydrogens is 393 g/mol. The second-order valence-corrected chi connectivity index (χ2v) is 7.04. The molecule has 3 rings (SSSR count). The predicted molar refractivity (Wildman–Crippen MR) is 106 cm³/mol. The fraction of sp³-hybridized carbons (Fsp3) is 0.235. The average Bonchev–Trinajstić information content (AvgIpc) is 3.02. The number of carbonyl (C=O) groups is 1. The highest BCUT2D eigenvalue weighted by molar-refractivity contribution is 7.22. The highest BCUT2D eigenvalue weighted by Gasteiger charge is 2.14. The van der Waals surface area contributed by atoms with Crippen LogP contribution >= 0.6 is 22.9 Å². The number of anilines is 3. The lowest BCUT2D eigenvalue weighted by molar-refractivity contribution is 0.249. The summed E-state index contributed by atoms with van der Waals surface area (Å²) in [4.78, 5) is 22.8. The quantitative estimate of drug-likeness (QED) is 0.539. The summed E-state index contributed by atoms with van der Waals surface area (Å²) in [5.74, 6) is 0.0874. The smallest absolute Gasteiger partial charge is 0.321 e. The standard InChI is InChI=1S/C17H17ClFN5O2S/c1-24(13-5-3-10(18)9-11(13)19)14-6-4-12-15(22-14)27-17(21-12)23-16(26)20-7-2-8-25/h3-6,9,25H,2,7-8H2,1H3,(H2,20,21,23,26). The number of rotatable bonds is 6. The van der Waals surface area contributed by atoms with E-state index in [9.17, 15) is 9.18 Å². The summed E-state index contributed by atoms with van der Waals surface area (Å²) >= 11 is 7.01. The summed E-state index contributed by atoms with van der Waals surface area (Å²) in [7, 11) is 1.70. The van der Waals surface area contributed by atoms with Gasteiger partial charge in [0, 0.05) is 25.2 Å². The van der Waals surface area contributed by atoms with Crippen LogP contribution in [0.15, 0.2) is 30.3 Å². The van der Waals surface area contributed by atoms with Crippen LogP contribution in [0.1, 0.15) is 6.42 Å². The Bertz CT molecular complexity index is 968. The number of hydrogen-bond donors (Lipinski definition) is 3. The molecule has 0 aliphatic heterocycles. The number of thiazole rings is 1. The molecule has 7 nitrogen and oxygen atoms in total. The molecule has 0 fully saturated rings. The molecule has 1 aromatic carbocycles. The topological polar surface area (TPSA) is 90.4 Å².